The molecule has 2 atom stereocenters. The number of nitrogens with one attached hydrogen (secondary N) is 2. The van der Waals surface area contributed by atoms with Crippen LogP contribution in [0.5, 0.6) is 11.5 Å². The molecule has 3 aliphatic rings. The summed E-state index contributed by atoms with van der Waals surface area (Å²) in [6, 6.07) is 13.3. The predicted octanol–water partition coefficient (Wildman–Crippen LogP) is 2.48. The SMILES string of the molecule is O=C(C[C@@H]1CCN2C[C@@H]1/C=C/COc1ccc(N3CCOCC3)cc1CNCC2=O)NCCc1ccc(O)cc1. The highest BCUT2D eigenvalue weighted by Gasteiger charge is 2.31. The second-order valence-corrected chi connectivity index (χ2v) is 10.8. The number of benzene rings is 2. The zero-order valence-electron chi connectivity index (χ0n) is 23.0. The minimum Gasteiger partial charge on any atom is -0.508 e. The van der Waals surface area contributed by atoms with E-state index in [4.69, 9.17) is 9.47 Å². The number of ether oxygens (including phenoxy) is 2. The number of phenolic OH excluding ortho intramolecular Hbond substituents is 1. The van der Waals surface area contributed by atoms with Crippen molar-refractivity contribution >= 4 is 17.5 Å². The highest BCUT2D eigenvalue weighted by molar-refractivity contribution is 5.79. The average molecular weight is 549 g/mol. The first kappa shape index (κ1) is 28.0. The second-order valence-electron chi connectivity index (χ2n) is 10.8. The fraction of sp³-hybridized carbons (Fsp3) is 0.484. The monoisotopic (exact) mass is 548 g/mol. The van der Waals surface area contributed by atoms with Crippen molar-refractivity contribution in [3.05, 3.63) is 65.7 Å². The molecule has 0 aromatic heterocycles. The van der Waals surface area contributed by atoms with Crippen LogP contribution in [0, 0.1) is 11.8 Å². The van der Waals surface area contributed by atoms with Gasteiger partial charge in [-0.15, -0.1) is 0 Å². The van der Waals surface area contributed by atoms with E-state index in [1.165, 1.54) is 0 Å². The lowest BCUT2D eigenvalue weighted by molar-refractivity contribution is -0.132. The number of carbonyl (C=O) groups excluding carboxylic acids is 2. The van der Waals surface area contributed by atoms with Crippen molar-refractivity contribution in [2.75, 3.05) is 64.0 Å². The molecule has 3 heterocycles. The molecule has 0 spiro atoms. The van der Waals surface area contributed by atoms with Crippen LogP contribution in [0.15, 0.2) is 54.6 Å². The summed E-state index contributed by atoms with van der Waals surface area (Å²) in [5.41, 5.74) is 3.24. The van der Waals surface area contributed by atoms with E-state index in [-0.39, 0.29) is 35.9 Å². The fourth-order valence-corrected chi connectivity index (χ4v) is 5.69. The van der Waals surface area contributed by atoms with Crippen molar-refractivity contribution in [3.63, 3.8) is 0 Å². The van der Waals surface area contributed by atoms with Gasteiger partial charge in [0.25, 0.3) is 0 Å². The van der Waals surface area contributed by atoms with Crippen LogP contribution in [-0.2, 0) is 27.3 Å². The summed E-state index contributed by atoms with van der Waals surface area (Å²) >= 11 is 0. The second kappa shape index (κ2) is 13.7. The minimum absolute atomic E-state index is 0.0304. The van der Waals surface area contributed by atoms with Crippen molar-refractivity contribution in [3.8, 4) is 11.5 Å². The Morgan fingerprint density at radius 3 is 2.70 bits per heavy atom. The molecule has 9 nitrogen and oxygen atoms in total. The third kappa shape index (κ3) is 7.55. The first-order valence-corrected chi connectivity index (χ1v) is 14.3. The van der Waals surface area contributed by atoms with Crippen molar-refractivity contribution in [2.24, 2.45) is 11.8 Å². The number of carbonyl (C=O) groups is 2. The molecule has 214 valence electrons. The van der Waals surface area contributed by atoms with Gasteiger partial charge in [0.05, 0.1) is 19.8 Å². The maximum atomic E-state index is 13.1. The largest absolute Gasteiger partial charge is 0.508 e. The molecule has 2 saturated heterocycles. The molecule has 3 N–H and O–H groups in total. The molecule has 2 aromatic rings. The first-order valence-electron chi connectivity index (χ1n) is 14.3. The van der Waals surface area contributed by atoms with Crippen LogP contribution >= 0.6 is 0 Å². The highest BCUT2D eigenvalue weighted by atomic mass is 16.5. The number of hydrogen-bond acceptors (Lipinski definition) is 7. The number of aromatic hydroxyl groups is 1. The minimum atomic E-state index is 0.0304. The molecule has 0 aliphatic carbocycles. The van der Waals surface area contributed by atoms with Crippen molar-refractivity contribution < 1.29 is 24.2 Å². The van der Waals surface area contributed by atoms with E-state index in [1.807, 2.05) is 29.2 Å². The number of anilines is 1. The Kier molecular flexibility index (Phi) is 9.57. The summed E-state index contributed by atoms with van der Waals surface area (Å²) in [4.78, 5) is 30.1. The number of rotatable bonds is 6. The normalized spacial score (nSPS) is 22.6. The van der Waals surface area contributed by atoms with Crippen LogP contribution < -0.4 is 20.3 Å². The van der Waals surface area contributed by atoms with Crippen molar-refractivity contribution in [2.45, 2.75) is 25.8 Å². The first-order chi connectivity index (χ1) is 19.5. The number of nitrogens with zero attached hydrogens (tertiary/aromatic N) is 2. The molecule has 9 heteroatoms. The Labute approximate surface area is 236 Å². The van der Waals surface area contributed by atoms with Crippen LogP contribution in [0.2, 0.25) is 0 Å². The molecule has 2 fully saturated rings. The molecular weight excluding hydrogens is 508 g/mol. The van der Waals surface area contributed by atoms with E-state index in [2.05, 4.69) is 33.7 Å². The van der Waals surface area contributed by atoms with E-state index >= 15 is 0 Å². The summed E-state index contributed by atoms with van der Waals surface area (Å²) in [6.07, 6.45) is 6.08. The Hall–Kier alpha value is -3.56. The number of amides is 2. The molecule has 0 unspecified atom stereocenters. The van der Waals surface area contributed by atoms with Gasteiger partial charge in [0.1, 0.15) is 18.1 Å². The van der Waals surface area contributed by atoms with Gasteiger partial charge in [-0.2, -0.15) is 0 Å². The zero-order valence-corrected chi connectivity index (χ0v) is 23.0. The maximum Gasteiger partial charge on any atom is 0.236 e. The molecule has 5 rings (SSSR count). The summed E-state index contributed by atoms with van der Waals surface area (Å²) in [6.45, 7) is 6.24. The lowest BCUT2D eigenvalue weighted by Crippen LogP contribution is -2.47. The average Bonchev–Trinajstić information content (AvgIpc) is 2.98. The van der Waals surface area contributed by atoms with Crippen molar-refractivity contribution in [1.29, 1.82) is 0 Å². The van der Waals surface area contributed by atoms with Gasteiger partial charge < -0.3 is 35.0 Å². The quantitative estimate of drug-likeness (QED) is 0.477. The molecule has 3 aliphatic heterocycles. The fourth-order valence-electron chi connectivity index (χ4n) is 5.69. The lowest BCUT2D eigenvalue weighted by Gasteiger charge is -2.37. The third-order valence-electron chi connectivity index (χ3n) is 8.01. The highest BCUT2D eigenvalue weighted by Crippen LogP contribution is 2.29. The van der Waals surface area contributed by atoms with E-state index in [9.17, 15) is 14.7 Å². The van der Waals surface area contributed by atoms with Gasteiger partial charge in [-0.05, 0) is 60.6 Å². The Balaban J connectivity index is 1.20. The van der Waals surface area contributed by atoms with E-state index in [0.717, 1.165) is 55.3 Å². The van der Waals surface area contributed by atoms with Gasteiger partial charge in [0.2, 0.25) is 11.8 Å². The molecule has 2 aromatic carbocycles. The van der Waals surface area contributed by atoms with Gasteiger partial charge in [0.15, 0.2) is 0 Å². The summed E-state index contributed by atoms with van der Waals surface area (Å²) < 4.78 is 11.7. The Morgan fingerprint density at radius 1 is 1.05 bits per heavy atom. The third-order valence-corrected chi connectivity index (χ3v) is 8.01. The molecule has 0 saturated carbocycles. The van der Waals surface area contributed by atoms with Gasteiger partial charge >= 0.3 is 0 Å². The van der Waals surface area contributed by atoms with Gasteiger partial charge in [0, 0.05) is 56.9 Å². The Bertz CT molecular complexity index is 1180. The van der Waals surface area contributed by atoms with Crippen LogP contribution in [0.1, 0.15) is 24.0 Å². The summed E-state index contributed by atoms with van der Waals surface area (Å²) in [5, 5.41) is 15.8. The van der Waals surface area contributed by atoms with Gasteiger partial charge in [-0.25, -0.2) is 0 Å². The number of piperidine rings is 1. The van der Waals surface area contributed by atoms with Crippen LogP contribution in [-0.4, -0.2) is 80.9 Å². The smallest absolute Gasteiger partial charge is 0.236 e. The van der Waals surface area contributed by atoms with Gasteiger partial charge in [-0.1, -0.05) is 24.3 Å². The van der Waals surface area contributed by atoms with Gasteiger partial charge in [-0.3, -0.25) is 9.59 Å². The summed E-state index contributed by atoms with van der Waals surface area (Å²) in [7, 11) is 0. The molecule has 2 bridgehead atoms. The van der Waals surface area contributed by atoms with Crippen LogP contribution in [0.3, 0.4) is 0 Å². The topological polar surface area (TPSA) is 103 Å². The molecule has 0 radical (unpaired) electrons. The molecule has 40 heavy (non-hydrogen) atoms. The zero-order chi connectivity index (χ0) is 27.7. The summed E-state index contributed by atoms with van der Waals surface area (Å²) in [5.74, 6) is 1.42. The number of phenols is 1. The predicted molar refractivity (Wildman–Crippen MR) is 153 cm³/mol. The van der Waals surface area contributed by atoms with Crippen LogP contribution in [0.4, 0.5) is 5.69 Å². The number of hydrogen-bond donors (Lipinski definition) is 3. The number of morpholine rings is 1. The van der Waals surface area contributed by atoms with E-state index < -0.39 is 0 Å². The lowest BCUT2D eigenvalue weighted by atomic mass is 9.82. The van der Waals surface area contributed by atoms with E-state index in [0.29, 0.717) is 45.6 Å². The van der Waals surface area contributed by atoms with Crippen LogP contribution in [0.25, 0.3) is 0 Å². The molecule has 2 amide bonds. The van der Waals surface area contributed by atoms with E-state index in [1.54, 1.807) is 12.1 Å². The Morgan fingerprint density at radius 2 is 1.88 bits per heavy atom. The maximum absolute atomic E-state index is 13.1. The standard InChI is InChI=1S/C31H40N4O5/c36-28-6-3-23(4-7-28)9-11-33-30(37)19-24-10-12-35-22-25(24)2-1-15-40-29-8-5-27(34-13-16-39-17-14-34)18-26(29)20-32-21-31(35)38/h1-8,18,24-25,32,36H,9-17,19-22H2,(H,33,37)/b2-1+/t24-,25-/m0/s1. The number of fused-ring (bicyclic) bond motifs is 3. The van der Waals surface area contributed by atoms with Crippen molar-refractivity contribution in [1.82, 2.24) is 15.5 Å². The molecular formula is C31H40N4O5.